The highest BCUT2D eigenvalue weighted by atomic mass is 16.5. The SMILES string of the molecule is C=C(CNCC1CCN(CC)CC1)C(=O)OCC. The molecule has 1 aliphatic heterocycles. The number of carbonyl (C=O) groups excluding carboxylic acids is 1. The zero-order valence-corrected chi connectivity index (χ0v) is 11.7. The van der Waals surface area contributed by atoms with E-state index in [9.17, 15) is 4.79 Å². The van der Waals surface area contributed by atoms with Gasteiger partial charge in [0, 0.05) is 12.1 Å². The van der Waals surface area contributed by atoms with E-state index in [4.69, 9.17) is 4.74 Å². The fourth-order valence-electron chi connectivity index (χ4n) is 2.24. The summed E-state index contributed by atoms with van der Waals surface area (Å²) >= 11 is 0. The predicted molar refractivity (Wildman–Crippen MR) is 73.5 cm³/mol. The molecule has 104 valence electrons. The van der Waals surface area contributed by atoms with Crippen molar-refractivity contribution in [1.82, 2.24) is 10.2 Å². The third-order valence-electron chi connectivity index (χ3n) is 3.49. The topological polar surface area (TPSA) is 41.6 Å². The Hall–Kier alpha value is -0.870. The van der Waals surface area contributed by atoms with Crippen molar-refractivity contribution < 1.29 is 9.53 Å². The molecule has 1 saturated heterocycles. The van der Waals surface area contributed by atoms with E-state index in [1.54, 1.807) is 6.92 Å². The van der Waals surface area contributed by atoms with Crippen LogP contribution < -0.4 is 5.32 Å². The van der Waals surface area contributed by atoms with E-state index in [2.05, 4.69) is 23.7 Å². The molecule has 0 radical (unpaired) electrons. The molecule has 18 heavy (non-hydrogen) atoms. The number of nitrogens with zero attached hydrogens (tertiary/aromatic N) is 1. The number of piperidine rings is 1. The first-order valence-electron chi connectivity index (χ1n) is 6.95. The lowest BCUT2D eigenvalue weighted by Crippen LogP contribution is -2.37. The largest absolute Gasteiger partial charge is 0.463 e. The molecule has 4 nitrogen and oxygen atoms in total. The molecule has 1 fully saturated rings. The Morgan fingerprint density at radius 1 is 1.39 bits per heavy atom. The van der Waals surface area contributed by atoms with E-state index in [-0.39, 0.29) is 5.97 Å². The van der Waals surface area contributed by atoms with Crippen LogP contribution in [-0.2, 0) is 9.53 Å². The summed E-state index contributed by atoms with van der Waals surface area (Å²) in [7, 11) is 0. The van der Waals surface area contributed by atoms with Crippen LogP contribution in [0.1, 0.15) is 26.7 Å². The summed E-state index contributed by atoms with van der Waals surface area (Å²) in [4.78, 5) is 13.8. The van der Waals surface area contributed by atoms with E-state index < -0.39 is 0 Å². The summed E-state index contributed by atoms with van der Waals surface area (Å²) < 4.78 is 4.89. The second-order valence-electron chi connectivity index (χ2n) is 4.83. The van der Waals surface area contributed by atoms with Crippen LogP contribution in [0.5, 0.6) is 0 Å². The molecule has 0 spiro atoms. The van der Waals surface area contributed by atoms with E-state index in [1.165, 1.54) is 25.9 Å². The lowest BCUT2D eigenvalue weighted by atomic mass is 9.97. The molecule has 0 bridgehead atoms. The molecule has 0 aliphatic carbocycles. The summed E-state index contributed by atoms with van der Waals surface area (Å²) in [5, 5.41) is 3.31. The molecule has 0 aromatic rings. The van der Waals surface area contributed by atoms with E-state index >= 15 is 0 Å². The van der Waals surface area contributed by atoms with Crippen molar-refractivity contribution in [3.8, 4) is 0 Å². The van der Waals surface area contributed by atoms with Gasteiger partial charge in [-0.3, -0.25) is 0 Å². The highest BCUT2D eigenvalue weighted by Gasteiger charge is 2.17. The van der Waals surface area contributed by atoms with Gasteiger partial charge in [-0.25, -0.2) is 4.79 Å². The Labute approximate surface area is 110 Å². The molecule has 1 N–H and O–H groups in total. The lowest BCUT2D eigenvalue weighted by molar-refractivity contribution is -0.138. The predicted octanol–water partition coefficient (Wildman–Crippen LogP) is 1.43. The van der Waals surface area contributed by atoms with Crippen LogP contribution in [0.15, 0.2) is 12.2 Å². The Bertz CT molecular complexity index is 271. The van der Waals surface area contributed by atoms with Crippen LogP contribution in [0.2, 0.25) is 0 Å². The minimum Gasteiger partial charge on any atom is -0.463 e. The third-order valence-corrected chi connectivity index (χ3v) is 3.49. The van der Waals surface area contributed by atoms with Gasteiger partial charge in [-0.05, 0) is 51.9 Å². The number of hydrogen-bond donors (Lipinski definition) is 1. The smallest absolute Gasteiger partial charge is 0.334 e. The maximum Gasteiger partial charge on any atom is 0.334 e. The highest BCUT2D eigenvalue weighted by molar-refractivity contribution is 5.88. The average Bonchev–Trinajstić information content (AvgIpc) is 2.39. The molecule has 0 aromatic carbocycles. The van der Waals surface area contributed by atoms with Crippen molar-refractivity contribution in [3.05, 3.63) is 12.2 Å². The zero-order valence-electron chi connectivity index (χ0n) is 11.7. The minimum absolute atomic E-state index is 0.286. The molecule has 0 aromatic heterocycles. The molecular formula is C14H26N2O2. The first-order valence-corrected chi connectivity index (χ1v) is 6.95. The van der Waals surface area contributed by atoms with E-state index in [0.717, 1.165) is 19.0 Å². The van der Waals surface area contributed by atoms with Crippen LogP contribution in [0, 0.1) is 5.92 Å². The number of ether oxygens (including phenoxy) is 1. The monoisotopic (exact) mass is 254 g/mol. The molecule has 0 unspecified atom stereocenters. The van der Waals surface area contributed by atoms with Gasteiger partial charge in [-0.2, -0.15) is 0 Å². The first kappa shape index (κ1) is 15.2. The third kappa shape index (κ3) is 5.19. The molecular weight excluding hydrogens is 228 g/mol. The zero-order chi connectivity index (χ0) is 13.4. The maximum absolute atomic E-state index is 11.3. The lowest BCUT2D eigenvalue weighted by Gasteiger charge is -2.31. The van der Waals surface area contributed by atoms with E-state index in [1.807, 2.05) is 0 Å². The maximum atomic E-state index is 11.3. The van der Waals surface area contributed by atoms with Crippen molar-refractivity contribution in [1.29, 1.82) is 0 Å². The second-order valence-corrected chi connectivity index (χ2v) is 4.83. The van der Waals surface area contributed by atoms with Gasteiger partial charge in [0.1, 0.15) is 0 Å². The van der Waals surface area contributed by atoms with Gasteiger partial charge in [0.25, 0.3) is 0 Å². The van der Waals surface area contributed by atoms with Crippen molar-refractivity contribution in [2.75, 3.05) is 39.3 Å². The normalized spacial score (nSPS) is 17.7. The van der Waals surface area contributed by atoms with Gasteiger partial charge in [0.05, 0.1) is 6.61 Å². The number of likely N-dealkylation sites (tertiary alicyclic amines) is 1. The number of nitrogens with one attached hydrogen (secondary N) is 1. The number of carbonyl (C=O) groups is 1. The van der Waals surface area contributed by atoms with Crippen molar-refractivity contribution in [3.63, 3.8) is 0 Å². The van der Waals surface area contributed by atoms with E-state index in [0.29, 0.717) is 18.7 Å². The molecule has 1 aliphatic rings. The average molecular weight is 254 g/mol. The quantitative estimate of drug-likeness (QED) is 0.551. The Morgan fingerprint density at radius 3 is 2.61 bits per heavy atom. The molecule has 0 atom stereocenters. The van der Waals surface area contributed by atoms with Gasteiger partial charge in [0.2, 0.25) is 0 Å². The van der Waals surface area contributed by atoms with Crippen molar-refractivity contribution >= 4 is 5.97 Å². The van der Waals surface area contributed by atoms with Crippen molar-refractivity contribution in [2.24, 2.45) is 5.92 Å². The number of hydrogen-bond acceptors (Lipinski definition) is 4. The Balaban J connectivity index is 2.11. The minimum atomic E-state index is -0.286. The van der Waals surface area contributed by atoms with Gasteiger partial charge in [-0.15, -0.1) is 0 Å². The number of esters is 1. The van der Waals surface area contributed by atoms with Crippen LogP contribution in [-0.4, -0.2) is 50.2 Å². The molecule has 0 saturated carbocycles. The molecule has 1 rings (SSSR count). The fraction of sp³-hybridized carbons (Fsp3) is 0.786. The fourth-order valence-corrected chi connectivity index (χ4v) is 2.24. The van der Waals surface area contributed by atoms with Crippen LogP contribution in [0.4, 0.5) is 0 Å². The molecule has 1 heterocycles. The van der Waals surface area contributed by atoms with Gasteiger partial charge >= 0.3 is 5.97 Å². The first-order chi connectivity index (χ1) is 8.67. The van der Waals surface area contributed by atoms with Crippen molar-refractivity contribution in [2.45, 2.75) is 26.7 Å². The summed E-state index contributed by atoms with van der Waals surface area (Å²) in [6.45, 7) is 13.2. The Morgan fingerprint density at radius 2 is 2.06 bits per heavy atom. The summed E-state index contributed by atoms with van der Waals surface area (Å²) in [5.74, 6) is 0.439. The Kier molecular flexibility index (Phi) is 6.98. The van der Waals surface area contributed by atoms with Gasteiger partial charge < -0.3 is 15.0 Å². The van der Waals surface area contributed by atoms with Crippen LogP contribution >= 0.6 is 0 Å². The second kappa shape index (κ2) is 8.27. The highest BCUT2D eigenvalue weighted by Crippen LogP contribution is 2.15. The summed E-state index contributed by atoms with van der Waals surface area (Å²) in [5.41, 5.74) is 0.517. The van der Waals surface area contributed by atoms with Gasteiger partial charge in [0.15, 0.2) is 0 Å². The summed E-state index contributed by atoms with van der Waals surface area (Å²) in [6, 6.07) is 0. The van der Waals surface area contributed by atoms with Crippen LogP contribution in [0.25, 0.3) is 0 Å². The standard InChI is InChI=1S/C14H26N2O2/c1-4-16-8-6-13(7-9-16)11-15-10-12(3)14(17)18-5-2/h13,15H,3-11H2,1-2H3. The molecule has 4 heteroatoms. The molecule has 0 amide bonds. The summed E-state index contributed by atoms with van der Waals surface area (Å²) in [6.07, 6.45) is 2.49. The van der Waals surface area contributed by atoms with Gasteiger partial charge in [-0.1, -0.05) is 13.5 Å². The number of rotatable bonds is 7. The van der Waals surface area contributed by atoms with Crippen LogP contribution in [0.3, 0.4) is 0 Å².